The lowest BCUT2D eigenvalue weighted by atomic mass is 10.2. The molecule has 0 fully saturated rings. The highest BCUT2D eigenvalue weighted by atomic mass is 16.6. The first-order valence-electron chi connectivity index (χ1n) is 9.63. The van der Waals surface area contributed by atoms with E-state index in [9.17, 15) is 9.59 Å². The number of nitrogens with one attached hydrogen (secondary N) is 1. The zero-order chi connectivity index (χ0) is 22.5. The normalized spacial score (nSPS) is 10.4. The molecule has 2 heterocycles. The van der Waals surface area contributed by atoms with Crippen LogP contribution in [0.3, 0.4) is 0 Å². The predicted molar refractivity (Wildman–Crippen MR) is 120 cm³/mol. The van der Waals surface area contributed by atoms with Crippen molar-refractivity contribution in [2.75, 3.05) is 10.2 Å². The van der Waals surface area contributed by atoms with E-state index in [-0.39, 0.29) is 29.8 Å². The molecule has 0 saturated carbocycles. The number of imidazole rings is 1. The van der Waals surface area contributed by atoms with Gasteiger partial charge >= 0.3 is 6.09 Å². The van der Waals surface area contributed by atoms with E-state index in [2.05, 4.69) is 26.2 Å². The van der Waals surface area contributed by atoms with Crippen LogP contribution >= 0.6 is 0 Å². The number of ether oxygens (including phenoxy) is 1. The van der Waals surface area contributed by atoms with Crippen molar-refractivity contribution in [2.24, 2.45) is 0 Å². The van der Waals surface area contributed by atoms with Crippen LogP contribution in [0.5, 0.6) is 5.88 Å². The van der Waals surface area contributed by atoms with Crippen LogP contribution < -0.4 is 15.0 Å². The van der Waals surface area contributed by atoms with Crippen molar-refractivity contribution >= 4 is 40.5 Å². The SMILES string of the molecule is C#CCn1cnc2c(OC(=O)N(c3ccccc3)c3ccccc3)nc(NC(C)=O)nc21. The number of carbonyl (C=O) groups excluding carboxylic acids is 2. The number of para-hydroxylation sites is 2. The number of amides is 2. The molecule has 0 aliphatic rings. The third-order valence-electron chi connectivity index (χ3n) is 4.38. The summed E-state index contributed by atoms with van der Waals surface area (Å²) in [6.07, 6.45) is 6.18. The number of rotatable bonds is 5. The monoisotopic (exact) mass is 426 g/mol. The minimum absolute atomic E-state index is 0.0301. The lowest BCUT2D eigenvalue weighted by Crippen LogP contribution is -2.29. The first-order chi connectivity index (χ1) is 15.6. The quantitative estimate of drug-likeness (QED) is 0.488. The molecule has 0 atom stereocenters. The Morgan fingerprint density at radius 2 is 1.69 bits per heavy atom. The van der Waals surface area contributed by atoms with Gasteiger partial charge in [-0.2, -0.15) is 9.97 Å². The molecule has 2 aromatic heterocycles. The summed E-state index contributed by atoms with van der Waals surface area (Å²) in [7, 11) is 0. The maximum atomic E-state index is 13.3. The topological polar surface area (TPSA) is 102 Å². The maximum Gasteiger partial charge on any atom is 0.425 e. The maximum absolute atomic E-state index is 13.3. The summed E-state index contributed by atoms with van der Waals surface area (Å²) in [6.45, 7) is 1.52. The molecule has 2 amide bonds. The highest BCUT2D eigenvalue weighted by Gasteiger charge is 2.24. The first kappa shape index (κ1) is 20.6. The molecule has 2 aromatic carbocycles. The molecule has 0 saturated heterocycles. The second kappa shape index (κ2) is 8.97. The fraction of sp³-hybridized carbons (Fsp3) is 0.0870. The molecule has 0 aliphatic carbocycles. The molecule has 9 nitrogen and oxygen atoms in total. The summed E-state index contributed by atoms with van der Waals surface area (Å²) in [6, 6.07) is 18.1. The molecule has 1 N–H and O–H groups in total. The number of fused-ring (bicyclic) bond motifs is 1. The van der Waals surface area contributed by atoms with Crippen molar-refractivity contribution < 1.29 is 14.3 Å². The Bertz CT molecular complexity index is 1270. The Morgan fingerprint density at radius 1 is 1.06 bits per heavy atom. The fourth-order valence-electron chi connectivity index (χ4n) is 3.06. The average molecular weight is 426 g/mol. The van der Waals surface area contributed by atoms with Crippen molar-refractivity contribution in [1.82, 2.24) is 19.5 Å². The van der Waals surface area contributed by atoms with Crippen LogP contribution in [0.2, 0.25) is 0 Å². The first-order valence-corrected chi connectivity index (χ1v) is 9.63. The molecule has 0 aliphatic heterocycles. The van der Waals surface area contributed by atoms with Crippen molar-refractivity contribution in [3.8, 4) is 18.2 Å². The lowest BCUT2D eigenvalue weighted by Gasteiger charge is -2.22. The van der Waals surface area contributed by atoms with Gasteiger partial charge in [-0.05, 0) is 24.3 Å². The lowest BCUT2D eigenvalue weighted by molar-refractivity contribution is -0.114. The van der Waals surface area contributed by atoms with E-state index in [0.717, 1.165) is 0 Å². The summed E-state index contributed by atoms with van der Waals surface area (Å²) in [5.41, 5.74) is 1.78. The minimum Gasteiger partial charge on any atom is -0.388 e. The van der Waals surface area contributed by atoms with E-state index in [1.54, 1.807) is 28.8 Å². The summed E-state index contributed by atoms with van der Waals surface area (Å²) in [4.78, 5) is 39.0. The van der Waals surface area contributed by atoms with Crippen LogP contribution in [-0.4, -0.2) is 31.5 Å². The van der Waals surface area contributed by atoms with Gasteiger partial charge in [0, 0.05) is 6.92 Å². The van der Waals surface area contributed by atoms with Crippen LogP contribution in [0.1, 0.15) is 6.92 Å². The van der Waals surface area contributed by atoms with Crippen LogP contribution in [0, 0.1) is 12.3 Å². The van der Waals surface area contributed by atoms with E-state index in [1.807, 2.05) is 36.4 Å². The number of nitrogens with zero attached hydrogens (tertiary/aromatic N) is 5. The third-order valence-corrected chi connectivity index (χ3v) is 4.38. The molecule has 4 rings (SSSR count). The van der Waals surface area contributed by atoms with Crippen LogP contribution in [-0.2, 0) is 11.3 Å². The summed E-state index contributed by atoms with van der Waals surface area (Å²) in [5, 5.41) is 2.50. The van der Waals surface area contributed by atoms with Gasteiger partial charge < -0.3 is 9.30 Å². The Hall–Kier alpha value is -4.71. The molecule has 32 heavy (non-hydrogen) atoms. The largest absolute Gasteiger partial charge is 0.425 e. The molecule has 4 aromatic rings. The number of benzene rings is 2. The van der Waals surface area contributed by atoms with Crippen molar-refractivity contribution in [3.05, 3.63) is 67.0 Å². The van der Waals surface area contributed by atoms with Gasteiger partial charge in [0.15, 0.2) is 11.2 Å². The number of hydrogen-bond donors (Lipinski definition) is 1. The Kier molecular flexibility index (Phi) is 5.76. The van der Waals surface area contributed by atoms with Gasteiger partial charge in [-0.3, -0.25) is 10.1 Å². The average Bonchev–Trinajstić information content (AvgIpc) is 3.18. The van der Waals surface area contributed by atoms with Crippen LogP contribution in [0.4, 0.5) is 22.1 Å². The van der Waals surface area contributed by atoms with Gasteiger partial charge in [-0.25, -0.2) is 14.7 Å². The highest BCUT2D eigenvalue weighted by molar-refractivity contribution is 5.98. The number of terminal acetylenes is 1. The van der Waals surface area contributed by atoms with Crippen molar-refractivity contribution in [2.45, 2.75) is 13.5 Å². The Balaban J connectivity index is 1.77. The molecule has 0 spiro atoms. The zero-order valence-electron chi connectivity index (χ0n) is 17.1. The van der Waals surface area contributed by atoms with E-state index in [1.165, 1.54) is 18.2 Å². The molecule has 0 unspecified atom stereocenters. The molecule has 0 radical (unpaired) electrons. The number of hydrogen-bond acceptors (Lipinski definition) is 6. The second-order valence-electron chi connectivity index (χ2n) is 6.66. The number of carbonyl (C=O) groups is 2. The van der Waals surface area contributed by atoms with Crippen molar-refractivity contribution in [3.63, 3.8) is 0 Å². The summed E-state index contributed by atoms with van der Waals surface area (Å²) in [5.74, 6) is 2.00. The number of anilines is 3. The zero-order valence-corrected chi connectivity index (χ0v) is 17.1. The highest BCUT2D eigenvalue weighted by Crippen LogP contribution is 2.28. The van der Waals surface area contributed by atoms with E-state index >= 15 is 0 Å². The minimum atomic E-state index is -0.706. The predicted octanol–water partition coefficient (Wildman–Crippen LogP) is 3.76. The van der Waals surface area contributed by atoms with Crippen LogP contribution in [0.15, 0.2) is 67.0 Å². The number of aromatic nitrogens is 4. The van der Waals surface area contributed by atoms with Gasteiger partial charge in [0.25, 0.3) is 5.88 Å². The Morgan fingerprint density at radius 3 is 2.25 bits per heavy atom. The van der Waals surface area contributed by atoms with Crippen molar-refractivity contribution in [1.29, 1.82) is 0 Å². The standard InChI is InChI=1S/C23H18N6O3/c1-3-14-28-15-24-19-20(28)26-22(25-16(2)30)27-21(19)32-23(31)29(17-10-6-4-7-11-17)18-12-8-5-9-13-18/h1,4-13,15H,14H2,2H3,(H,25,26,27,30). The Labute approximate surface area is 183 Å². The third kappa shape index (κ3) is 4.24. The fourth-order valence-corrected chi connectivity index (χ4v) is 3.06. The summed E-state index contributed by atoms with van der Waals surface area (Å²) < 4.78 is 7.26. The van der Waals surface area contributed by atoms with E-state index in [0.29, 0.717) is 17.0 Å². The molecule has 9 heteroatoms. The van der Waals surface area contributed by atoms with Gasteiger partial charge in [0.2, 0.25) is 11.9 Å². The van der Waals surface area contributed by atoms with Gasteiger partial charge in [0.1, 0.15) is 0 Å². The smallest absolute Gasteiger partial charge is 0.388 e. The van der Waals surface area contributed by atoms with Gasteiger partial charge in [0.05, 0.1) is 24.2 Å². The van der Waals surface area contributed by atoms with Gasteiger partial charge in [-0.1, -0.05) is 42.3 Å². The second-order valence-corrected chi connectivity index (χ2v) is 6.66. The van der Waals surface area contributed by atoms with Gasteiger partial charge in [-0.15, -0.1) is 6.42 Å². The molecule has 0 bridgehead atoms. The molecular formula is C23H18N6O3. The summed E-state index contributed by atoms with van der Waals surface area (Å²) >= 11 is 0. The van der Waals surface area contributed by atoms with Crippen LogP contribution in [0.25, 0.3) is 11.2 Å². The van der Waals surface area contributed by atoms with E-state index < -0.39 is 6.09 Å². The molecule has 158 valence electrons. The van der Waals surface area contributed by atoms with E-state index in [4.69, 9.17) is 11.2 Å². The molecular weight excluding hydrogens is 408 g/mol.